The lowest BCUT2D eigenvalue weighted by atomic mass is 10.1. The Morgan fingerprint density at radius 2 is 1.63 bits per heavy atom. The molecule has 0 saturated heterocycles. The largest absolute Gasteiger partial charge is 0.348 e. The molecule has 1 aliphatic rings. The first-order chi connectivity index (χ1) is 17.1. The van der Waals surface area contributed by atoms with Crippen LogP contribution in [0.25, 0.3) is 0 Å². The van der Waals surface area contributed by atoms with Gasteiger partial charge in [0.2, 0.25) is 0 Å². The van der Waals surface area contributed by atoms with E-state index in [2.05, 4.69) is 5.32 Å². The summed E-state index contributed by atoms with van der Waals surface area (Å²) in [4.78, 5) is 25.0. The van der Waals surface area contributed by atoms with E-state index in [1.165, 1.54) is 0 Å². The highest BCUT2D eigenvalue weighted by atomic mass is 16.1. The number of rotatable bonds is 9. The molecule has 2 heterocycles. The van der Waals surface area contributed by atoms with E-state index in [4.69, 9.17) is 10.8 Å². The molecule has 3 N–H and O–H groups in total. The van der Waals surface area contributed by atoms with Crippen LogP contribution in [-0.4, -0.2) is 20.3 Å². The number of aromatic nitrogens is 3. The summed E-state index contributed by atoms with van der Waals surface area (Å²) in [5.74, 6) is 0.258. The van der Waals surface area contributed by atoms with Crippen molar-refractivity contribution in [3.8, 4) is 0 Å². The smallest absolute Gasteiger partial charge is 0.255 e. The molecule has 0 radical (unpaired) electrons. The van der Waals surface area contributed by atoms with Crippen molar-refractivity contribution in [1.29, 1.82) is 0 Å². The molecule has 1 amide bonds. The Bertz CT molecular complexity index is 1380. The Hall–Kier alpha value is -3.97. The fourth-order valence-corrected chi connectivity index (χ4v) is 4.28. The number of pyridine rings is 1. The van der Waals surface area contributed by atoms with Gasteiger partial charge >= 0.3 is 0 Å². The second kappa shape index (κ2) is 10.1. The predicted octanol–water partition coefficient (Wildman–Crippen LogP) is 3.41. The molecule has 5 rings (SSSR count). The van der Waals surface area contributed by atoms with E-state index in [0.717, 1.165) is 40.8 Å². The number of benzene rings is 2. The van der Waals surface area contributed by atoms with Crippen LogP contribution < -0.4 is 16.6 Å². The van der Waals surface area contributed by atoms with Gasteiger partial charge in [-0.15, -0.1) is 0 Å². The second-order valence-electron chi connectivity index (χ2n) is 9.04. The summed E-state index contributed by atoms with van der Waals surface area (Å²) < 4.78 is 3.54. The lowest BCUT2D eigenvalue weighted by Gasteiger charge is -2.09. The van der Waals surface area contributed by atoms with Crippen molar-refractivity contribution in [1.82, 2.24) is 19.7 Å². The van der Waals surface area contributed by atoms with Gasteiger partial charge in [0.15, 0.2) is 0 Å². The first kappa shape index (κ1) is 22.8. The monoisotopic (exact) mass is 467 g/mol. The number of amides is 1. The standard InChI is InChI=1S/C28H29N5O2/c29-15-23-5-1-2-6-24(23)16-30-28(35)25-19-33(31-27(25)22-12-13-22)18-21-10-8-20(9-11-21)17-32-14-4-3-7-26(32)34/h1-11,14,19,22H,12-13,15-18,29H2,(H,30,35). The zero-order valence-electron chi connectivity index (χ0n) is 19.6. The Kier molecular flexibility index (Phi) is 6.59. The highest BCUT2D eigenvalue weighted by Gasteiger charge is 2.31. The molecular formula is C28H29N5O2. The van der Waals surface area contributed by atoms with Crippen molar-refractivity contribution in [2.75, 3.05) is 0 Å². The Labute approximate surface area is 204 Å². The molecule has 2 aromatic carbocycles. The van der Waals surface area contributed by atoms with Gasteiger partial charge in [0.1, 0.15) is 0 Å². The van der Waals surface area contributed by atoms with Crippen molar-refractivity contribution in [2.24, 2.45) is 5.73 Å². The van der Waals surface area contributed by atoms with Crippen LogP contribution in [0.15, 0.2) is 83.9 Å². The number of carbonyl (C=O) groups excluding carboxylic acids is 1. The van der Waals surface area contributed by atoms with Gasteiger partial charge in [-0.05, 0) is 41.2 Å². The zero-order chi connectivity index (χ0) is 24.2. The van der Waals surface area contributed by atoms with Gasteiger partial charge in [0, 0.05) is 37.5 Å². The summed E-state index contributed by atoms with van der Waals surface area (Å²) in [7, 11) is 0. The number of hydrogen-bond acceptors (Lipinski definition) is 4. The molecular weight excluding hydrogens is 438 g/mol. The van der Waals surface area contributed by atoms with Gasteiger partial charge < -0.3 is 15.6 Å². The van der Waals surface area contributed by atoms with E-state index in [1.807, 2.05) is 65.5 Å². The molecule has 35 heavy (non-hydrogen) atoms. The Morgan fingerprint density at radius 1 is 0.943 bits per heavy atom. The SMILES string of the molecule is NCc1ccccc1CNC(=O)c1cn(Cc2ccc(Cn3ccccc3=O)cc2)nc1C1CC1. The molecule has 0 spiro atoms. The second-order valence-corrected chi connectivity index (χ2v) is 9.04. The van der Waals surface area contributed by atoms with Crippen LogP contribution in [0.5, 0.6) is 0 Å². The maximum atomic E-state index is 13.1. The quantitative estimate of drug-likeness (QED) is 0.394. The van der Waals surface area contributed by atoms with Crippen LogP contribution in [0, 0.1) is 0 Å². The Morgan fingerprint density at radius 3 is 2.31 bits per heavy atom. The van der Waals surface area contributed by atoms with Crippen molar-refractivity contribution in [2.45, 2.75) is 44.9 Å². The van der Waals surface area contributed by atoms with E-state index in [0.29, 0.717) is 37.7 Å². The molecule has 7 nitrogen and oxygen atoms in total. The first-order valence-electron chi connectivity index (χ1n) is 12.0. The molecule has 1 saturated carbocycles. The third kappa shape index (κ3) is 5.41. The number of hydrogen-bond donors (Lipinski definition) is 2. The summed E-state index contributed by atoms with van der Waals surface area (Å²) >= 11 is 0. The number of nitrogens with two attached hydrogens (primary N) is 1. The molecule has 0 unspecified atom stereocenters. The molecule has 7 heteroatoms. The Balaban J connectivity index is 1.27. The molecule has 2 aromatic heterocycles. The summed E-state index contributed by atoms with van der Waals surface area (Å²) in [6.07, 6.45) is 5.79. The molecule has 1 aliphatic carbocycles. The summed E-state index contributed by atoms with van der Waals surface area (Å²) in [5, 5.41) is 7.82. The van der Waals surface area contributed by atoms with Crippen LogP contribution in [-0.2, 0) is 26.2 Å². The topological polar surface area (TPSA) is 94.9 Å². The number of nitrogens with one attached hydrogen (secondary N) is 1. The molecule has 0 atom stereocenters. The van der Waals surface area contributed by atoms with E-state index in [1.54, 1.807) is 22.9 Å². The van der Waals surface area contributed by atoms with Crippen LogP contribution in [0.3, 0.4) is 0 Å². The normalized spacial score (nSPS) is 13.1. The maximum Gasteiger partial charge on any atom is 0.255 e. The minimum Gasteiger partial charge on any atom is -0.348 e. The fraction of sp³-hybridized carbons (Fsp3) is 0.250. The van der Waals surface area contributed by atoms with Gasteiger partial charge in [-0.25, -0.2) is 0 Å². The van der Waals surface area contributed by atoms with E-state index in [-0.39, 0.29) is 11.5 Å². The van der Waals surface area contributed by atoms with Crippen LogP contribution in [0.4, 0.5) is 0 Å². The predicted molar refractivity (Wildman–Crippen MR) is 135 cm³/mol. The lowest BCUT2D eigenvalue weighted by Crippen LogP contribution is -2.24. The van der Waals surface area contributed by atoms with Gasteiger partial charge in [0.05, 0.1) is 24.3 Å². The summed E-state index contributed by atoms with van der Waals surface area (Å²) in [6, 6.07) is 21.2. The van der Waals surface area contributed by atoms with Crippen molar-refractivity contribution >= 4 is 5.91 Å². The van der Waals surface area contributed by atoms with Gasteiger partial charge in [-0.1, -0.05) is 54.6 Å². The van der Waals surface area contributed by atoms with Gasteiger partial charge in [0.25, 0.3) is 11.5 Å². The van der Waals surface area contributed by atoms with Crippen LogP contribution in [0.1, 0.15) is 57.1 Å². The number of carbonyl (C=O) groups is 1. The summed E-state index contributed by atoms with van der Waals surface area (Å²) in [6.45, 7) is 1.99. The molecule has 0 bridgehead atoms. The molecule has 0 aliphatic heterocycles. The minimum absolute atomic E-state index is 0.0157. The molecule has 1 fully saturated rings. The maximum absolute atomic E-state index is 13.1. The lowest BCUT2D eigenvalue weighted by molar-refractivity contribution is 0.0949. The van der Waals surface area contributed by atoms with Crippen molar-refractivity contribution < 1.29 is 4.79 Å². The highest BCUT2D eigenvalue weighted by molar-refractivity contribution is 5.95. The highest BCUT2D eigenvalue weighted by Crippen LogP contribution is 2.40. The fourth-order valence-electron chi connectivity index (χ4n) is 4.28. The van der Waals surface area contributed by atoms with Crippen LogP contribution >= 0.6 is 0 Å². The van der Waals surface area contributed by atoms with E-state index in [9.17, 15) is 9.59 Å². The van der Waals surface area contributed by atoms with E-state index < -0.39 is 0 Å². The van der Waals surface area contributed by atoms with Crippen molar-refractivity contribution in [3.05, 3.63) is 123 Å². The average molecular weight is 468 g/mol. The third-order valence-corrected chi connectivity index (χ3v) is 6.40. The van der Waals surface area contributed by atoms with Gasteiger partial charge in [-0.3, -0.25) is 14.3 Å². The third-order valence-electron chi connectivity index (χ3n) is 6.40. The zero-order valence-corrected chi connectivity index (χ0v) is 19.6. The first-order valence-corrected chi connectivity index (χ1v) is 12.0. The van der Waals surface area contributed by atoms with Crippen molar-refractivity contribution in [3.63, 3.8) is 0 Å². The summed E-state index contributed by atoms with van der Waals surface area (Å²) in [5.41, 5.74) is 11.6. The molecule has 4 aromatic rings. The van der Waals surface area contributed by atoms with Gasteiger partial charge in [-0.2, -0.15) is 5.10 Å². The molecule has 178 valence electrons. The van der Waals surface area contributed by atoms with E-state index >= 15 is 0 Å². The number of nitrogens with zero attached hydrogens (tertiary/aromatic N) is 3. The minimum atomic E-state index is -0.103. The average Bonchev–Trinajstić information content (AvgIpc) is 3.65. The van der Waals surface area contributed by atoms with Crippen LogP contribution in [0.2, 0.25) is 0 Å².